The highest BCUT2D eigenvalue weighted by atomic mass is 16.4. The average Bonchev–Trinajstić information content (AvgIpc) is 2.97. The van der Waals surface area contributed by atoms with Crippen LogP contribution >= 0.6 is 0 Å². The van der Waals surface area contributed by atoms with E-state index in [2.05, 4.69) is 0 Å². The number of rotatable bonds is 3. The van der Waals surface area contributed by atoms with Crippen molar-refractivity contribution in [2.45, 2.75) is 13.3 Å². The van der Waals surface area contributed by atoms with E-state index < -0.39 is 11.9 Å². The van der Waals surface area contributed by atoms with Gasteiger partial charge in [-0.2, -0.15) is 0 Å². The minimum Gasteiger partial charge on any atom is -0.481 e. The zero-order valence-corrected chi connectivity index (χ0v) is 8.43. The van der Waals surface area contributed by atoms with Crippen LogP contribution in [0.3, 0.4) is 0 Å². The molecule has 3 heteroatoms. The number of carboxylic acids is 1. The maximum absolute atomic E-state index is 11.8. The molecule has 1 aliphatic carbocycles. The number of aryl methyl sites for hydroxylation is 1. The fraction of sp³-hybridized carbons (Fsp3) is 0.333. The second-order valence-electron chi connectivity index (χ2n) is 4.02. The smallest absolute Gasteiger partial charge is 0.307 e. The molecule has 0 amide bonds. The van der Waals surface area contributed by atoms with Crippen molar-refractivity contribution in [1.82, 2.24) is 0 Å². The summed E-state index contributed by atoms with van der Waals surface area (Å²) in [5, 5.41) is 8.71. The van der Waals surface area contributed by atoms with Crippen LogP contribution in [0.4, 0.5) is 0 Å². The molecule has 0 spiro atoms. The summed E-state index contributed by atoms with van der Waals surface area (Å²) in [5.74, 6) is -1.66. The van der Waals surface area contributed by atoms with Crippen molar-refractivity contribution in [1.29, 1.82) is 0 Å². The summed E-state index contributed by atoms with van der Waals surface area (Å²) in [4.78, 5) is 22.4. The van der Waals surface area contributed by atoms with Gasteiger partial charge in [0, 0.05) is 11.5 Å². The highest BCUT2D eigenvalue weighted by molar-refractivity contribution is 6.02. The van der Waals surface area contributed by atoms with Gasteiger partial charge in [-0.05, 0) is 13.3 Å². The monoisotopic (exact) mass is 204 g/mol. The third-order valence-corrected chi connectivity index (χ3v) is 2.78. The highest BCUT2D eigenvalue weighted by Gasteiger charge is 2.48. The van der Waals surface area contributed by atoms with Gasteiger partial charge in [-0.1, -0.05) is 29.8 Å². The van der Waals surface area contributed by atoms with Crippen molar-refractivity contribution >= 4 is 11.8 Å². The third kappa shape index (κ3) is 1.91. The Morgan fingerprint density at radius 3 is 2.27 bits per heavy atom. The average molecular weight is 204 g/mol. The van der Waals surface area contributed by atoms with Gasteiger partial charge in [-0.3, -0.25) is 9.59 Å². The molecule has 1 aromatic rings. The molecular weight excluding hydrogens is 192 g/mol. The lowest BCUT2D eigenvalue weighted by Crippen LogP contribution is -2.08. The first-order valence-electron chi connectivity index (χ1n) is 4.93. The van der Waals surface area contributed by atoms with Crippen molar-refractivity contribution < 1.29 is 14.7 Å². The molecule has 1 aromatic carbocycles. The van der Waals surface area contributed by atoms with E-state index in [0.29, 0.717) is 12.0 Å². The summed E-state index contributed by atoms with van der Waals surface area (Å²) in [6, 6.07) is 7.25. The first-order chi connectivity index (χ1) is 7.09. The molecule has 1 fully saturated rings. The summed E-state index contributed by atoms with van der Waals surface area (Å²) in [6.07, 6.45) is 0.488. The van der Waals surface area contributed by atoms with Crippen molar-refractivity contribution in [3.63, 3.8) is 0 Å². The molecule has 1 aliphatic rings. The molecule has 1 N–H and O–H groups in total. The predicted molar refractivity (Wildman–Crippen MR) is 54.7 cm³/mol. The number of carboxylic acid groups (broad SMARTS) is 1. The molecule has 0 aromatic heterocycles. The normalized spacial score (nSPS) is 23.5. The lowest BCUT2D eigenvalue weighted by Gasteiger charge is -1.99. The molecule has 2 atom stereocenters. The minimum absolute atomic E-state index is 0.0394. The Morgan fingerprint density at radius 2 is 1.80 bits per heavy atom. The molecule has 2 rings (SSSR count). The largest absolute Gasteiger partial charge is 0.481 e. The van der Waals surface area contributed by atoms with Gasteiger partial charge in [-0.15, -0.1) is 0 Å². The Morgan fingerprint density at radius 1 is 1.20 bits per heavy atom. The van der Waals surface area contributed by atoms with Crippen LogP contribution in [0.25, 0.3) is 0 Å². The summed E-state index contributed by atoms with van der Waals surface area (Å²) in [7, 11) is 0. The van der Waals surface area contributed by atoms with E-state index in [-0.39, 0.29) is 11.7 Å². The summed E-state index contributed by atoms with van der Waals surface area (Å²) >= 11 is 0. The maximum atomic E-state index is 11.8. The molecular formula is C12H12O3. The van der Waals surface area contributed by atoms with Gasteiger partial charge in [0.25, 0.3) is 0 Å². The van der Waals surface area contributed by atoms with Crippen LogP contribution in [0, 0.1) is 18.8 Å². The lowest BCUT2D eigenvalue weighted by molar-refractivity contribution is -0.138. The van der Waals surface area contributed by atoms with E-state index in [1.165, 1.54) is 0 Å². The molecule has 1 saturated carbocycles. The number of hydrogen-bond donors (Lipinski definition) is 1. The zero-order chi connectivity index (χ0) is 11.0. The standard InChI is InChI=1S/C12H12O3/c1-7-2-4-8(5-3-7)11(13)9-6-10(9)12(14)15/h2-5,9-10H,6H2,1H3,(H,14,15). The Labute approximate surface area is 87.7 Å². The summed E-state index contributed by atoms with van der Waals surface area (Å²) in [5.41, 5.74) is 1.71. The van der Waals surface area contributed by atoms with E-state index in [0.717, 1.165) is 5.56 Å². The Hall–Kier alpha value is -1.64. The molecule has 0 bridgehead atoms. The molecule has 0 saturated heterocycles. The second-order valence-corrected chi connectivity index (χ2v) is 4.02. The van der Waals surface area contributed by atoms with Crippen molar-refractivity contribution in [3.8, 4) is 0 Å². The Kier molecular flexibility index (Phi) is 2.31. The van der Waals surface area contributed by atoms with E-state index in [1.807, 2.05) is 19.1 Å². The summed E-state index contributed by atoms with van der Waals surface area (Å²) < 4.78 is 0. The number of hydrogen-bond acceptors (Lipinski definition) is 2. The fourth-order valence-electron chi connectivity index (χ4n) is 1.69. The van der Waals surface area contributed by atoms with Crippen molar-refractivity contribution in [3.05, 3.63) is 35.4 Å². The van der Waals surface area contributed by atoms with Crippen LogP contribution in [0.15, 0.2) is 24.3 Å². The van der Waals surface area contributed by atoms with Crippen LogP contribution in [-0.2, 0) is 4.79 Å². The van der Waals surface area contributed by atoms with Crippen LogP contribution in [0.5, 0.6) is 0 Å². The van der Waals surface area contributed by atoms with Gasteiger partial charge in [0.2, 0.25) is 0 Å². The molecule has 78 valence electrons. The van der Waals surface area contributed by atoms with Gasteiger partial charge < -0.3 is 5.11 Å². The first-order valence-corrected chi connectivity index (χ1v) is 4.93. The van der Waals surface area contributed by atoms with E-state index in [9.17, 15) is 9.59 Å². The number of ketones is 1. The topological polar surface area (TPSA) is 54.4 Å². The van der Waals surface area contributed by atoms with E-state index in [4.69, 9.17) is 5.11 Å². The highest BCUT2D eigenvalue weighted by Crippen LogP contribution is 2.41. The number of aliphatic carboxylic acids is 1. The Balaban J connectivity index is 2.10. The zero-order valence-electron chi connectivity index (χ0n) is 8.43. The number of benzene rings is 1. The third-order valence-electron chi connectivity index (χ3n) is 2.78. The predicted octanol–water partition coefficient (Wildman–Crippen LogP) is 1.90. The van der Waals surface area contributed by atoms with Gasteiger partial charge in [-0.25, -0.2) is 0 Å². The lowest BCUT2D eigenvalue weighted by atomic mass is 10.0. The number of Topliss-reactive ketones (excluding diaryl/α,β-unsaturated/α-hetero) is 1. The molecule has 0 radical (unpaired) electrons. The molecule has 2 unspecified atom stereocenters. The number of carbonyl (C=O) groups is 2. The second kappa shape index (κ2) is 3.50. The van der Waals surface area contributed by atoms with Crippen molar-refractivity contribution in [2.24, 2.45) is 11.8 Å². The molecule has 15 heavy (non-hydrogen) atoms. The van der Waals surface area contributed by atoms with Crippen LogP contribution in [0.1, 0.15) is 22.3 Å². The van der Waals surface area contributed by atoms with Crippen LogP contribution in [-0.4, -0.2) is 16.9 Å². The maximum Gasteiger partial charge on any atom is 0.307 e. The van der Waals surface area contributed by atoms with E-state index in [1.54, 1.807) is 12.1 Å². The van der Waals surface area contributed by atoms with Gasteiger partial charge in [0.15, 0.2) is 5.78 Å². The first kappa shape index (κ1) is 9.90. The molecule has 3 nitrogen and oxygen atoms in total. The van der Waals surface area contributed by atoms with Gasteiger partial charge in [0.1, 0.15) is 0 Å². The van der Waals surface area contributed by atoms with Gasteiger partial charge >= 0.3 is 5.97 Å². The quantitative estimate of drug-likeness (QED) is 0.765. The van der Waals surface area contributed by atoms with Crippen LogP contribution in [0.2, 0.25) is 0 Å². The fourth-order valence-corrected chi connectivity index (χ4v) is 1.69. The Bertz CT molecular complexity index is 405. The SMILES string of the molecule is Cc1ccc(C(=O)C2CC2C(=O)O)cc1. The van der Waals surface area contributed by atoms with Crippen LogP contribution < -0.4 is 0 Å². The minimum atomic E-state index is -0.861. The van der Waals surface area contributed by atoms with Crippen molar-refractivity contribution in [2.75, 3.05) is 0 Å². The number of carbonyl (C=O) groups excluding carboxylic acids is 1. The molecule has 0 aliphatic heterocycles. The van der Waals surface area contributed by atoms with E-state index >= 15 is 0 Å². The van der Waals surface area contributed by atoms with Gasteiger partial charge in [0.05, 0.1) is 5.92 Å². The summed E-state index contributed by atoms with van der Waals surface area (Å²) in [6.45, 7) is 1.95. The molecule has 0 heterocycles.